The molecule has 0 saturated carbocycles. The van der Waals surface area contributed by atoms with Crippen molar-refractivity contribution < 1.29 is 4.79 Å². The van der Waals surface area contributed by atoms with Gasteiger partial charge in [-0.25, -0.2) is 0 Å². The summed E-state index contributed by atoms with van der Waals surface area (Å²) in [5.74, 6) is 0.148. The summed E-state index contributed by atoms with van der Waals surface area (Å²) >= 11 is 0. The van der Waals surface area contributed by atoms with Gasteiger partial charge in [0.15, 0.2) is 5.78 Å². The average molecular weight is 139 g/mol. The van der Waals surface area contributed by atoms with Crippen LogP contribution in [0.15, 0.2) is 12.8 Å². The van der Waals surface area contributed by atoms with Gasteiger partial charge in [-0.05, 0) is 27.0 Å². The van der Waals surface area contributed by atoms with E-state index < -0.39 is 5.54 Å². The first-order valence-corrected chi connectivity index (χ1v) is 3.29. The number of carbonyl (C=O) groups is 1. The van der Waals surface area contributed by atoms with Crippen LogP contribution in [0.2, 0.25) is 0 Å². The molecule has 0 spiro atoms. The highest BCUT2D eigenvalue weighted by atomic mass is 16.1. The van der Waals surface area contributed by atoms with Gasteiger partial charge in [0, 0.05) is 0 Å². The van der Waals surface area contributed by atoms with Crippen LogP contribution in [0.3, 0.4) is 0 Å². The molecule has 0 rings (SSSR count). The van der Waals surface area contributed by atoms with Crippen molar-refractivity contribution in [3.63, 3.8) is 0 Å². The first-order valence-electron chi connectivity index (χ1n) is 3.29. The largest absolute Gasteiger partial charge is 0.418 e. The van der Waals surface area contributed by atoms with E-state index in [0.717, 1.165) is 0 Å². The third kappa shape index (κ3) is 1.63. The molecule has 0 radical (unpaired) electrons. The molecule has 0 aliphatic carbocycles. The second-order valence-corrected chi connectivity index (χ2v) is 2.91. The predicted molar refractivity (Wildman–Crippen MR) is 45.3 cm³/mol. The molecule has 0 aromatic carbocycles. The van der Waals surface area contributed by atoms with Gasteiger partial charge in [0.2, 0.25) is 7.98 Å². The van der Waals surface area contributed by atoms with Crippen LogP contribution in [0.1, 0.15) is 20.8 Å². The Hall–Kier alpha value is -0.725. The van der Waals surface area contributed by atoms with Crippen LogP contribution >= 0.6 is 0 Å². The van der Waals surface area contributed by atoms with Crippen molar-refractivity contribution in [1.29, 1.82) is 0 Å². The van der Waals surface area contributed by atoms with Crippen LogP contribution in [0.4, 0.5) is 0 Å². The maximum atomic E-state index is 11.0. The number of nitrogens with zero attached hydrogens (tertiary/aromatic N) is 1. The molecule has 0 aliphatic heterocycles. The molecule has 0 fully saturated rings. The molecule has 0 atom stereocenters. The molecular weight excluding hydrogens is 125 g/mol. The third-order valence-corrected chi connectivity index (χ3v) is 2.02. The molecule has 0 aromatic heterocycles. The monoisotopic (exact) mass is 139 g/mol. The summed E-state index contributed by atoms with van der Waals surface area (Å²) in [6.07, 6.45) is 1.65. The Kier molecular flexibility index (Phi) is 2.70. The summed E-state index contributed by atoms with van der Waals surface area (Å²) in [6, 6.07) is 0. The molecule has 0 aromatic rings. The smallest absolute Gasteiger partial charge is 0.217 e. The molecule has 0 unspecified atom stereocenters. The zero-order chi connectivity index (χ0) is 8.36. The van der Waals surface area contributed by atoms with Crippen molar-refractivity contribution in [2.24, 2.45) is 0 Å². The Morgan fingerprint density at radius 3 is 2.20 bits per heavy atom. The van der Waals surface area contributed by atoms with Crippen LogP contribution in [0, 0.1) is 0 Å². The number of rotatable bonds is 3. The highest BCUT2D eigenvalue weighted by molar-refractivity contribution is 6.08. The molecule has 0 bridgehead atoms. The fourth-order valence-electron chi connectivity index (χ4n) is 0.477. The summed E-state index contributed by atoms with van der Waals surface area (Å²) in [5.41, 5.74) is -0.415. The minimum atomic E-state index is -0.415. The van der Waals surface area contributed by atoms with E-state index in [1.165, 1.54) is 0 Å². The summed E-state index contributed by atoms with van der Waals surface area (Å²) in [5, 5.41) is 0. The standard InChI is InChI=1S/C7H14BNO/c1-5-9(8)7(3,4)6(2)10/h5H,1,8H2,2-4H3. The lowest BCUT2D eigenvalue weighted by Gasteiger charge is -2.32. The van der Waals surface area contributed by atoms with Gasteiger partial charge in [0.1, 0.15) is 0 Å². The number of hydrogen-bond donors (Lipinski definition) is 0. The molecule has 56 valence electrons. The SMILES string of the molecule is BN(C=C)C(C)(C)C(C)=O. The minimum Gasteiger partial charge on any atom is -0.418 e. The van der Waals surface area contributed by atoms with Gasteiger partial charge in [-0.3, -0.25) is 4.79 Å². The lowest BCUT2D eigenvalue weighted by atomic mass is 9.95. The molecule has 0 saturated heterocycles. The van der Waals surface area contributed by atoms with E-state index in [2.05, 4.69) is 6.58 Å². The lowest BCUT2D eigenvalue weighted by molar-refractivity contribution is -0.123. The van der Waals surface area contributed by atoms with Crippen molar-refractivity contribution in [2.75, 3.05) is 0 Å². The van der Waals surface area contributed by atoms with E-state index in [9.17, 15) is 4.79 Å². The van der Waals surface area contributed by atoms with Gasteiger partial charge in [-0.15, -0.1) is 0 Å². The maximum Gasteiger partial charge on any atom is 0.217 e. The first-order chi connectivity index (χ1) is 4.42. The third-order valence-electron chi connectivity index (χ3n) is 2.02. The van der Waals surface area contributed by atoms with Crippen LogP contribution in [0.5, 0.6) is 0 Å². The van der Waals surface area contributed by atoms with Gasteiger partial charge < -0.3 is 4.81 Å². The van der Waals surface area contributed by atoms with Gasteiger partial charge in [-0.1, -0.05) is 6.58 Å². The van der Waals surface area contributed by atoms with Gasteiger partial charge >= 0.3 is 0 Å². The summed E-state index contributed by atoms with van der Waals surface area (Å²) in [6.45, 7) is 8.91. The van der Waals surface area contributed by atoms with Crippen LogP contribution < -0.4 is 0 Å². The van der Waals surface area contributed by atoms with Crippen molar-refractivity contribution in [3.8, 4) is 0 Å². The van der Waals surface area contributed by atoms with E-state index >= 15 is 0 Å². The van der Waals surface area contributed by atoms with E-state index in [-0.39, 0.29) is 5.78 Å². The Bertz CT molecular complexity index is 154. The topological polar surface area (TPSA) is 20.3 Å². The highest BCUT2D eigenvalue weighted by Crippen LogP contribution is 2.11. The quantitative estimate of drug-likeness (QED) is 0.525. The molecule has 0 N–H and O–H groups in total. The zero-order valence-corrected chi connectivity index (χ0v) is 7.14. The highest BCUT2D eigenvalue weighted by Gasteiger charge is 2.25. The second-order valence-electron chi connectivity index (χ2n) is 2.91. The van der Waals surface area contributed by atoms with E-state index in [4.69, 9.17) is 0 Å². The second kappa shape index (κ2) is 2.91. The van der Waals surface area contributed by atoms with Gasteiger partial charge in [-0.2, -0.15) is 0 Å². The van der Waals surface area contributed by atoms with E-state index in [0.29, 0.717) is 0 Å². The molecule has 2 nitrogen and oxygen atoms in total. The predicted octanol–water partition coefficient (Wildman–Crippen LogP) is 0.348. The molecular formula is C7H14BNO. The molecule has 0 amide bonds. The summed E-state index contributed by atoms with van der Waals surface area (Å²) < 4.78 is 0. The molecule has 10 heavy (non-hydrogen) atoms. The molecule has 0 heterocycles. The van der Waals surface area contributed by atoms with Crippen molar-refractivity contribution in [3.05, 3.63) is 12.8 Å². The van der Waals surface area contributed by atoms with Crippen molar-refractivity contribution in [1.82, 2.24) is 4.81 Å². The van der Waals surface area contributed by atoms with E-state index in [1.54, 1.807) is 17.9 Å². The normalized spacial score (nSPS) is 10.7. The Labute approximate surface area is 63.3 Å². The number of hydrogen-bond acceptors (Lipinski definition) is 2. The Morgan fingerprint density at radius 1 is 1.70 bits per heavy atom. The fourth-order valence-corrected chi connectivity index (χ4v) is 0.477. The first kappa shape index (κ1) is 9.27. The van der Waals surface area contributed by atoms with Crippen LogP contribution in [-0.2, 0) is 4.79 Å². The lowest BCUT2D eigenvalue weighted by Crippen LogP contribution is -2.44. The van der Waals surface area contributed by atoms with Crippen LogP contribution in [-0.4, -0.2) is 24.1 Å². The molecule has 0 aliphatic rings. The number of Topliss-reactive ketones (excluding diaryl/α,β-unsaturated/α-hetero) is 1. The van der Waals surface area contributed by atoms with Gasteiger partial charge in [0.05, 0.1) is 5.54 Å². The van der Waals surface area contributed by atoms with Crippen LogP contribution in [0.25, 0.3) is 0 Å². The molecule has 3 heteroatoms. The van der Waals surface area contributed by atoms with Crippen molar-refractivity contribution >= 4 is 13.8 Å². The van der Waals surface area contributed by atoms with Gasteiger partial charge in [0.25, 0.3) is 0 Å². The zero-order valence-electron chi connectivity index (χ0n) is 7.14. The summed E-state index contributed by atoms with van der Waals surface area (Å²) in [4.78, 5) is 12.8. The maximum absolute atomic E-state index is 11.0. The average Bonchev–Trinajstić information content (AvgIpc) is 1.86. The Balaban J connectivity index is 4.38. The Morgan fingerprint density at radius 2 is 2.10 bits per heavy atom. The fraction of sp³-hybridized carbons (Fsp3) is 0.571. The number of carbonyl (C=O) groups excluding carboxylic acids is 1. The minimum absolute atomic E-state index is 0.148. The summed E-state index contributed by atoms with van der Waals surface area (Å²) in [7, 11) is 1.84. The van der Waals surface area contributed by atoms with E-state index in [1.807, 2.05) is 21.8 Å². The van der Waals surface area contributed by atoms with Crippen molar-refractivity contribution in [2.45, 2.75) is 26.3 Å². The number of ketones is 1.